The number of hydrogen-bond acceptors (Lipinski definition) is 7. The molecule has 1 saturated heterocycles. The summed E-state index contributed by atoms with van der Waals surface area (Å²) < 4.78 is 6.71. The minimum Gasteiger partial charge on any atom is -0.478 e. The van der Waals surface area contributed by atoms with Gasteiger partial charge in [0.05, 0.1) is 25.1 Å². The van der Waals surface area contributed by atoms with Crippen LogP contribution in [0.1, 0.15) is 16.8 Å². The molecule has 0 unspecified atom stereocenters. The topological polar surface area (TPSA) is 118 Å². The Balaban J connectivity index is 1.62. The van der Waals surface area contributed by atoms with Crippen LogP contribution in [0.3, 0.4) is 0 Å². The highest BCUT2D eigenvalue weighted by Crippen LogP contribution is 2.16. The van der Waals surface area contributed by atoms with Gasteiger partial charge in [-0.2, -0.15) is 4.98 Å². The molecule has 1 aliphatic rings. The van der Waals surface area contributed by atoms with Gasteiger partial charge < -0.3 is 20.9 Å². The first kappa shape index (κ1) is 15.5. The lowest BCUT2D eigenvalue weighted by atomic mass is 10.2. The summed E-state index contributed by atoms with van der Waals surface area (Å²) in [4.78, 5) is 17.6. The maximum atomic E-state index is 11.3. The Hall–Kier alpha value is -2.39. The van der Waals surface area contributed by atoms with E-state index in [9.17, 15) is 9.90 Å². The van der Waals surface area contributed by atoms with Gasteiger partial charge in [0.25, 0.3) is 0 Å². The number of aromatic nitrogens is 3. The maximum absolute atomic E-state index is 11.3. The monoisotopic (exact) mass is 320 g/mol. The average molecular weight is 320 g/mol. The number of morpholine rings is 1. The molecule has 0 amide bonds. The smallest absolute Gasteiger partial charge is 0.339 e. The number of hydrogen-bond donors (Lipinski definition) is 3. The molecule has 1 fully saturated rings. The second kappa shape index (κ2) is 6.80. The molecular formula is C14H20N6O3. The number of aromatic carboxylic acids is 1. The molecule has 1 aliphatic heterocycles. The largest absolute Gasteiger partial charge is 0.478 e. The SMILES string of the molecule is Nc1nc2c(C(=O)O)cc(NCCCN3CCOCC3)cn2n1. The maximum Gasteiger partial charge on any atom is 0.339 e. The summed E-state index contributed by atoms with van der Waals surface area (Å²) in [5, 5.41) is 16.5. The van der Waals surface area contributed by atoms with Crippen molar-refractivity contribution in [1.29, 1.82) is 0 Å². The molecule has 9 heteroatoms. The van der Waals surface area contributed by atoms with Gasteiger partial charge in [0.1, 0.15) is 5.56 Å². The van der Waals surface area contributed by atoms with Crippen LogP contribution in [-0.4, -0.2) is 70.0 Å². The van der Waals surface area contributed by atoms with Crippen molar-refractivity contribution in [2.24, 2.45) is 0 Å². The molecule has 0 atom stereocenters. The number of ether oxygens (including phenoxy) is 1. The Morgan fingerprint density at radius 3 is 2.96 bits per heavy atom. The number of carboxylic acids is 1. The van der Waals surface area contributed by atoms with E-state index >= 15 is 0 Å². The number of nitrogens with zero attached hydrogens (tertiary/aromatic N) is 4. The lowest BCUT2D eigenvalue weighted by molar-refractivity contribution is 0.0378. The van der Waals surface area contributed by atoms with E-state index in [-0.39, 0.29) is 17.2 Å². The normalized spacial score (nSPS) is 15.8. The number of anilines is 2. The third-order valence-corrected chi connectivity index (χ3v) is 3.76. The van der Waals surface area contributed by atoms with Gasteiger partial charge >= 0.3 is 5.97 Å². The molecule has 2 aromatic heterocycles. The number of nitrogens with two attached hydrogens (primary N) is 1. The van der Waals surface area contributed by atoms with E-state index in [0.29, 0.717) is 5.69 Å². The molecule has 124 valence electrons. The molecule has 4 N–H and O–H groups in total. The number of carboxylic acid groups (broad SMARTS) is 1. The zero-order chi connectivity index (χ0) is 16.2. The molecule has 2 aromatic rings. The fourth-order valence-electron chi connectivity index (χ4n) is 2.62. The predicted molar refractivity (Wildman–Crippen MR) is 84.7 cm³/mol. The van der Waals surface area contributed by atoms with Crippen molar-refractivity contribution in [3.63, 3.8) is 0 Å². The van der Waals surface area contributed by atoms with E-state index < -0.39 is 5.97 Å². The quantitative estimate of drug-likeness (QED) is 0.643. The van der Waals surface area contributed by atoms with Crippen molar-refractivity contribution < 1.29 is 14.6 Å². The molecule has 0 bridgehead atoms. The van der Waals surface area contributed by atoms with Crippen LogP contribution in [0.4, 0.5) is 11.6 Å². The van der Waals surface area contributed by atoms with Crippen LogP contribution in [-0.2, 0) is 4.74 Å². The van der Waals surface area contributed by atoms with Gasteiger partial charge in [-0.1, -0.05) is 0 Å². The molecule has 0 aromatic carbocycles. The van der Waals surface area contributed by atoms with Crippen LogP contribution in [0.25, 0.3) is 5.65 Å². The first-order valence-electron chi connectivity index (χ1n) is 7.56. The van der Waals surface area contributed by atoms with Crippen molar-refractivity contribution in [2.45, 2.75) is 6.42 Å². The van der Waals surface area contributed by atoms with E-state index in [1.165, 1.54) is 4.52 Å². The van der Waals surface area contributed by atoms with Gasteiger partial charge in [-0.3, -0.25) is 4.90 Å². The first-order chi connectivity index (χ1) is 11.1. The fourth-order valence-corrected chi connectivity index (χ4v) is 2.62. The van der Waals surface area contributed by atoms with E-state index in [2.05, 4.69) is 20.3 Å². The van der Waals surface area contributed by atoms with Crippen molar-refractivity contribution in [3.8, 4) is 0 Å². The highest BCUT2D eigenvalue weighted by molar-refractivity contribution is 5.95. The van der Waals surface area contributed by atoms with Gasteiger partial charge in [0.2, 0.25) is 5.95 Å². The van der Waals surface area contributed by atoms with Crippen LogP contribution in [0.15, 0.2) is 12.3 Å². The van der Waals surface area contributed by atoms with Crippen LogP contribution in [0.5, 0.6) is 0 Å². The number of rotatable bonds is 6. The minimum atomic E-state index is -1.06. The van der Waals surface area contributed by atoms with Crippen LogP contribution in [0.2, 0.25) is 0 Å². The minimum absolute atomic E-state index is 0.0527. The Kier molecular flexibility index (Phi) is 4.58. The number of nitrogen functional groups attached to an aromatic ring is 1. The molecule has 0 radical (unpaired) electrons. The van der Waals surface area contributed by atoms with Gasteiger partial charge in [0, 0.05) is 19.6 Å². The molecule has 0 saturated carbocycles. The summed E-state index contributed by atoms with van der Waals surface area (Å²) in [6, 6.07) is 1.56. The molecule has 0 spiro atoms. The lowest BCUT2D eigenvalue weighted by Gasteiger charge is -2.26. The summed E-state index contributed by atoms with van der Waals surface area (Å²) >= 11 is 0. The second-order valence-corrected chi connectivity index (χ2v) is 5.42. The number of fused-ring (bicyclic) bond motifs is 1. The summed E-state index contributed by atoms with van der Waals surface area (Å²) in [5.74, 6) is -1.00. The third-order valence-electron chi connectivity index (χ3n) is 3.76. The van der Waals surface area contributed by atoms with Gasteiger partial charge in [-0.05, 0) is 19.0 Å². The van der Waals surface area contributed by atoms with Gasteiger partial charge in [-0.15, -0.1) is 5.10 Å². The van der Waals surface area contributed by atoms with Crippen molar-refractivity contribution in [1.82, 2.24) is 19.5 Å². The van der Waals surface area contributed by atoms with E-state index in [0.717, 1.165) is 45.8 Å². The molecule has 3 heterocycles. The standard InChI is InChI=1S/C14H20N6O3/c15-14-17-12-11(13(21)22)8-10(9-20(12)18-14)16-2-1-3-19-4-6-23-7-5-19/h8-9,16H,1-7H2,(H2,15,18)(H,21,22). The predicted octanol–water partition coefficient (Wildman–Crippen LogP) is 0.144. The Bertz CT molecular complexity index is 695. The Morgan fingerprint density at radius 1 is 1.43 bits per heavy atom. The van der Waals surface area contributed by atoms with Crippen molar-refractivity contribution in [2.75, 3.05) is 50.4 Å². The second-order valence-electron chi connectivity index (χ2n) is 5.42. The average Bonchev–Trinajstić information content (AvgIpc) is 2.91. The molecule has 3 rings (SSSR count). The fraction of sp³-hybridized carbons (Fsp3) is 0.500. The highest BCUT2D eigenvalue weighted by atomic mass is 16.5. The first-order valence-corrected chi connectivity index (χ1v) is 7.56. The number of pyridine rings is 1. The third kappa shape index (κ3) is 3.69. The van der Waals surface area contributed by atoms with E-state index in [1.54, 1.807) is 12.3 Å². The molecule has 0 aliphatic carbocycles. The Morgan fingerprint density at radius 2 is 2.22 bits per heavy atom. The number of carbonyl (C=O) groups is 1. The van der Waals surface area contributed by atoms with Crippen LogP contribution in [0, 0.1) is 0 Å². The van der Waals surface area contributed by atoms with E-state index in [4.69, 9.17) is 10.5 Å². The highest BCUT2D eigenvalue weighted by Gasteiger charge is 2.14. The molecular weight excluding hydrogens is 300 g/mol. The zero-order valence-electron chi connectivity index (χ0n) is 12.7. The van der Waals surface area contributed by atoms with Crippen molar-refractivity contribution in [3.05, 3.63) is 17.8 Å². The van der Waals surface area contributed by atoms with Gasteiger partial charge in [0.15, 0.2) is 5.65 Å². The van der Waals surface area contributed by atoms with Crippen molar-refractivity contribution >= 4 is 23.3 Å². The van der Waals surface area contributed by atoms with Crippen LogP contribution < -0.4 is 11.1 Å². The summed E-state index contributed by atoms with van der Waals surface area (Å²) in [6.07, 6.45) is 2.65. The van der Waals surface area contributed by atoms with E-state index in [1.807, 2.05) is 0 Å². The van der Waals surface area contributed by atoms with Crippen LogP contribution >= 0.6 is 0 Å². The van der Waals surface area contributed by atoms with Gasteiger partial charge in [-0.25, -0.2) is 9.31 Å². The Labute approximate surface area is 133 Å². The molecule has 9 nitrogen and oxygen atoms in total. The number of nitrogens with one attached hydrogen (secondary N) is 1. The summed E-state index contributed by atoms with van der Waals surface area (Å²) in [5.41, 5.74) is 6.54. The summed E-state index contributed by atoms with van der Waals surface area (Å²) in [6.45, 7) is 5.24. The zero-order valence-corrected chi connectivity index (χ0v) is 12.7. The lowest BCUT2D eigenvalue weighted by Crippen LogP contribution is -2.37. The summed E-state index contributed by atoms with van der Waals surface area (Å²) in [7, 11) is 0. The molecule has 23 heavy (non-hydrogen) atoms.